The van der Waals surface area contributed by atoms with E-state index in [4.69, 9.17) is 4.42 Å². The molecule has 0 bridgehead atoms. The van der Waals surface area contributed by atoms with E-state index in [0.717, 1.165) is 61.3 Å². The first-order valence-electron chi connectivity index (χ1n) is 22.1. The quantitative estimate of drug-likeness (QED) is 0.149. The van der Waals surface area contributed by atoms with Crippen molar-refractivity contribution in [1.82, 2.24) is 0 Å². The number of fused-ring (bicyclic) bond motifs is 9. The number of rotatable bonds is 7. The van der Waals surface area contributed by atoms with Crippen molar-refractivity contribution in [1.29, 1.82) is 0 Å². The van der Waals surface area contributed by atoms with E-state index in [0.29, 0.717) is 0 Å². The van der Waals surface area contributed by atoms with Gasteiger partial charge in [-0.05, 0) is 121 Å². The average molecular weight is 846 g/mol. The van der Waals surface area contributed by atoms with Crippen molar-refractivity contribution in [3.05, 3.63) is 237 Å². The average Bonchev–Trinajstić information content (AvgIpc) is 3.96. The molecule has 0 radical (unpaired) electrons. The molecule has 2 aromatic heterocycles. The van der Waals surface area contributed by atoms with E-state index in [2.05, 4.69) is 235 Å². The lowest BCUT2D eigenvalue weighted by atomic mass is 9.97. The van der Waals surface area contributed by atoms with Crippen LogP contribution in [0.5, 0.6) is 0 Å². The summed E-state index contributed by atoms with van der Waals surface area (Å²) in [6.45, 7) is 0. The van der Waals surface area contributed by atoms with Gasteiger partial charge in [-0.15, -0.1) is 11.3 Å². The molecule has 0 aliphatic rings. The molecule has 0 aliphatic heterocycles. The second-order valence-corrected chi connectivity index (χ2v) is 17.9. The van der Waals surface area contributed by atoms with Gasteiger partial charge in [0.05, 0.1) is 0 Å². The Hall–Kier alpha value is -8.24. The summed E-state index contributed by atoms with van der Waals surface area (Å²) in [5.41, 5.74) is 14.5. The summed E-state index contributed by atoms with van der Waals surface area (Å²) in [6.07, 6.45) is 0. The van der Waals surface area contributed by atoms with Crippen molar-refractivity contribution in [2.75, 3.05) is 4.90 Å². The number of anilines is 3. The van der Waals surface area contributed by atoms with Crippen LogP contribution in [0, 0.1) is 0 Å². The van der Waals surface area contributed by atoms with E-state index in [1.165, 1.54) is 64.0 Å². The molecule has 65 heavy (non-hydrogen) atoms. The standard InChI is InChI=1S/C62H39NOS/c1-2-10-42(11-3-1)53-15-8-17-56-58-39-46(29-37-59(58)64-61(53)56)41-24-32-49(33-25-41)63(50-34-26-44(27-35-50)54-16-9-18-57-55-14-6-7-19-60(55)65-62(54)57)48-30-22-40(23-31-48)45-28-36-52-47(38-45)21-20-43-12-4-5-13-51(43)52/h1-39H. The lowest BCUT2D eigenvalue weighted by molar-refractivity contribution is 0.670. The molecule has 2 nitrogen and oxygen atoms in total. The van der Waals surface area contributed by atoms with Crippen LogP contribution in [0.1, 0.15) is 0 Å². The van der Waals surface area contributed by atoms with Crippen LogP contribution in [-0.2, 0) is 0 Å². The molecular weight excluding hydrogens is 807 g/mol. The Morgan fingerprint density at radius 3 is 1.60 bits per heavy atom. The first-order valence-corrected chi connectivity index (χ1v) is 23.0. The maximum Gasteiger partial charge on any atom is 0.143 e. The van der Waals surface area contributed by atoms with E-state index < -0.39 is 0 Å². The molecule has 0 spiro atoms. The fraction of sp³-hybridized carbons (Fsp3) is 0. The van der Waals surface area contributed by atoms with Crippen molar-refractivity contribution in [2.45, 2.75) is 0 Å². The number of furan rings is 1. The Bertz CT molecular complexity index is 3920. The molecule has 0 fully saturated rings. The van der Waals surface area contributed by atoms with E-state index in [1.54, 1.807) is 0 Å². The predicted octanol–water partition coefficient (Wildman–Crippen LogP) is 18.4. The molecule has 0 atom stereocenters. The summed E-state index contributed by atoms with van der Waals surface area (Å²) >= 11 is 1.87. The Morgan fingerprint density at radius 1 is 0.308 bits per heavy atom. The highest BCUT2D eigenvalue weighted by atomic mass is 32.1. The number of hydrogen-bond acceptors (Lipinski definition) is 3. The van der Waals surface area contributed by atoms with Gasteiger partial charge in [0.2, 0.25) is 0 Å². The molecule has 0 saturated carbocycles. The van der Waals surface area contributed by atoms with Crippen LogP contribution in [0.25, 0.3) is 108 Å². The first-order chi connectivity index (χ1) is 32.2. The van der Waals surface area contributed by atoms with Gasteiger partial charge < -0.3 is 9.32 Å². The Labute approximate surface area is 380 Å². The van der Waals surface area contributed by atoms with E-state index in [1.807, 2.05) is 17.4 Å². The van der Waals surface area contributed by atoms with Gasteiger partial charge in [0, 0.05) is 53.6 Å². The van der Waals surface area contributed by atoms with Gasteiger partial charge in [0.1, 0.15) is 11.2 Å². The molecule has 0 N–H and O–H groups in total. The van der Waals surface area contributed by atoms with Crippen LogP contribution in [-0.4, -0.2) is 0 Å². The Balaban J connectivity index is 0.876. The van der Waals surface area contributed by atoms with Gasteiger partial charge in [-0.3, -0.25) is 0 Å². The zero-order valence-corrected chi connectivity index (χ0v) is 36.1. The van der Waals surface area contributed by atoms with Crippen LogP contribution < -0.4 is 4.90 Å². The number of nitrogens with zero attached hydrogens (tertiary/aromatic N) is 1. The normalized spacial score (nSPS) is 11.7. The summed E-state index contributed by atoms with van der Waals surface area (Å²) in [7, 11) is 0. The Morgan fingerprint density at radius 2 is 0.846 bits per heavy atom. The highest BCUT2D eigenvalue weighted by Crippen LogP contribution is 2.43. The largest absolute Gasteiger partial charge is 0.455 e. The smallest absolute Gasteiger partial charge is 0.143 e. The summed E-state index contributed by atoms with van der Waals surface area (Å²) in [5, 5.41) is 9.94. The van der Waals surface area contributed by atoms with Gasteiger partial charge >= 0.3 is 0 Å². The van der Waals surface area contributed by atoms with Crippen LogP contribution in [0.3, 0.4) is 0 Å². The molecule has 3 heteroatoms. The van der Waals surface area contributed by atoms with Gasteiger partial charge in [-0.1, -0.05) is 176 Å². The monoisotopic (exact) mass is 845 g/mol. The number of benzene rings is 11. The molecule has 304 valence electrons. The Kier molecular flexibility index (Phi) is 8.75. The van der Waals surface area contributed by atoms with Gasteiger partial charge in [0.25, 0.3) is 0 Å². The molecule has 13 aromatic rings. The number of thiophene rings is 1. The topological polar surface area (TPSA) is 16.4 Å². The zero-order valence-electron chi connectivity index (χ0n) is 35.3. The number of hydrogen-bond donors (Lipinski definition) is 0. The van der Waals surface area contributed by atoms with Crippen LogP contribution in [0.2, 0.25) is 0 Å². The second kappa shape index (κ2) is 15.2. The third-order valence-electron chi connectivity index (χ3n) is 13.1. The fourth-order valence-corrected chi connectivity index (χ4v) is 11.1. The molecule has 0 aliphatic carbocycles. The molecule has 2 heterocycles. The lowest BCUT2D eigenvalue weighted by Gasteiger charge is -2.26. The summed E-state index contributed by atoms with van der Waals surface area (Å²) in [4.78, 5) is 2.36. The minimum atomic E-state index is 0.891. The van der Waals surface area contributed by atoms with Crippen molar-refractivity contribution in [3.63, 3.8) is 0 Å². The molecule has 0 amide bonds. The summed E-state index contributed by atoms with van der Waals surface area (Å²) in [5.74, 6) is 0. The lowest BCUT2D eigenvalue weighted by Crippen LogP contribution is -2.09. The fourth-order valence-electron chi connectivity index (χ4n) is 9.83. The molecule has 13 rings (SSSR count). The van der Waals surface area contributed by atoms with Crippen molar-refractivity contribution < 1.29 is 4.42 Å². The summed E-state index contributed by atoms with van der Waals surface area (Å²) in [6, 6.07) is 85.8. The van der Waals surface area contributed by atoms with E-state index >= 15 is 0 Å². The van der Waals surface area contributed by atoms with Crippen molar-refractivity contribution >= 4 is 92.1 Å². The van der Waals surface area contributed by atoms with Gasteiger partial charge in [-0.2, -0.15) is 0 Å². The van der Waals surface area contributed by atoms with Crippen LogP contribution in [0.4, 0.5) is 17.1 Å². The molecule has 0 saturated heterocycles. The molecule has 11 aromatic carbocycles. The third kappa shape index (κ3) is 6.39. The van der Waals surface area contributed by atoms with E-state index in [-0.39, 0.29) is 0 Å². The van der Waals surface area contributed by atoms with Gasteiger partial charge in [-0.25, -0.2) is 0 Å². The van der Waals surface area contributed by atoms with Crippen LogP contribution >= 0.6 is 11.3 Å². The highest BCUT2D eigenvalue weighted by molar-refractivity contribution is 7.26. The first kappa shape index (κ1) is 37.3. The minimum Gasteiger partial charge on any atom is -0.455 e. The minimum absolute atomic E-state index is 0.891. The van der Waals surface area contributed by atoms with Crippen LogP contribution in [0.15, 0.2) is 241 Å². The summed E-state index contributed by atoms with van der Waals surface area (Å²) < 4.78 is 9.15. The van der Waals surface area contributed by atoms with Gasteiger partial charge in [0.15, 0.2) is 0 Å². The second-order valence-electron chi connectivity index (χ2n) is 16.8. The highest BCUT2D eigenvalue weighted by Gasteiger charge is 2.17. The van der Waals surface area contributed by atoms with Crippen molar-refractivity contribution in [2.24, 2.45) is 0 Å². The zero-order chi connectivity index (χ0) is 42.8. The van der Waals surface area contributed by atoms with E-state index in [9.17, 15) is 0 Å². The maximum absolute atomic E-state index is 6.51. The number of para-hydroxylation sites is 1. The van der Waals surface area contributed by atoms with Crippen molar-refractivity contribution in [3.8, 4) is 44.5 Å². The SMILES string of the molecule is c1ccc(-c2cccc3c2oc2ccc(-c4ccc(N(c5ccc(-c6ccc7c(ccc8ccccc87)c6)cc5)c5ccc(-c6cccc7c6sc6ccccc67)cc5)cc4)cc23)cc1. The third-order valence-corrected chi connectivity index (χ3v) is 14.3. The molecule has 0 unspecified atom stereocenters. The molecular formula is C62H39NOS. The predicted molar refractivity (Wildman–Crippen MR) is 278 cm³/mol. The maximum atomic E-state index is 6.51.